The standard InChI is InChI=1S/C23H37FN4O4S/c1-6-32-21(30)7-9-25-23(31)22(19(33-5)11-15(2)3)28-20(29)12-16(4)18(26-28)8-10-27-13-17(24)14-27/h12,15,17,19,22H,6-11,13-14H2,1-5H3,(H,25,31). The molecule has 10 heteroatoms. The molecule has 2 rings (SSSR count). The number of aromatic nitrogens is 2. The summed E-state index contributed by atoms with van der Waals surface area (Å²) in [5.74, 6) is -0.406. The topological polar surface area (TPSA) is 93.5 Å². The summed E-state index contributed by atoms with van der Waals surface area (Å²) in [5, 5.41) is 7.23. The molecule has 1 aromatic rings. The van der Waals surface area contributed by atoms with Crippen LogP contribution in [-0.4, -0.2) is 77.0 Å². The lowest BCUT2D eigenvalue weighted by Gasteiger charge is -2.34. The van der Waals surface area contributed by atoms with Gasteiger partial charge < -0.3 is 10.1 Å². The van der Waals surface area contributed by atoms with Gasteiger partial charge in [0.25, 0.3) is 5.56 Å². The van der Waals surface area contributed by atoms with E-state index in [0.717, 1.165) is 17.7 Å². The van der Waals surface area contributed by atoms with Gasteiger partial charge in [-0.25, -0.2) is 9.07 Å². The largest absolute Gasteiger partial charge is 0.466 e. The molecule has 1 N–H and O–H groups in total. The number of hydrogen-bond acceptors (Lipinski definition) is 7. The third-order valence-electron chi connectivity index (χ3n) is 5.65. The summed E-state index contributed by atoms with van der Waals surface area (Å²) in [6.45, 7) is 9.61. The summed E-state index contributed by atoms with van der Waals surface area (Å²) in [4.78, 5) is 39.8. The Labute approximate surface area is 199 Å². The highest BCUT2D eigenvalue weighted by atomic mass is 32.2. The van der Waals surface area contributed by atoms with E-state index < -0.39 is 12.2 Å². The minimum absolute atomic E-state index is 0.0628. The molecule has 8 nitrogen and oxygen atoms in total. The van der Waals surface area contributed by atoms with Gasteiger partial charge >= 0.3 is 5.97 Å². The molecule has 0 radical (unpaired) electrons. The zero-order valence-corrected chi connectivity index (χ0v) is 21.1. The van der Waals surface area contributed by atoms with Gasteiger partial charge in [0.05, 0.1) is 18.7 Å². The van der Waals surface area contributed by atoms with Crippen molar-refractivity contribution in [3.8, 4) is 0 Å². The first kappa shape index (κ1) is 27.3. The van der Waals surface area contributed by atoms with Gasteiger partial charge in [-0.05, 0) is 38.0 Å². The van der Waals surface area contributed by atoms with Crippen LogP contribution < -0.4 is 10.9 Å². The smallest absolute Gasteiger partial charge is 0.307 e. The molecule has 1 aliphatic heterocycles. The van der Waals surface area contributed by atoms with E-state index in [4.69, 9.17) is 4.74 Å². The summed E-state index contributed by atoms with van der Waals surface area (Å²) in [7, 11) is 0. The number of hydrogen-bond donors (Lipinski definition) is 1. The van der Waals surface area contributed by atoms with Gasteiger partial charge in [-0.15, -0.1) is 0 Å². The Kier molecular flexibility index (Phi) is 10.8. The van der Waals surface area contributed by atoms with Crippen LogP contribution in [0.5, 0.6) is 0 Å². The number of likely N-dealkylation sites (tertiary alicyclic amines) is 1. The number of thioether (sulfide) groups is 1. The number of rotatable bonds is 13. The molecule has 186 valence electrons. The maximum atomic E-state index is 13.2. The predicted molar refractivity (Wildman–Crippen MR) is 128 cm³/mol. The number of ether oxygens (including phenoxy) is 1. The molecule has 0 bridgehead atoms. The molecule has 1 aliphatic rings. The summed E-state index contributed by atoms with van der Waals surface area (Å²) in [6.07, 6.45) is 2.51. The molecule has 1 amide bonds. The third-order valence-corrected chi connectivity index (χ3v) is 6.71. The van der Waals surface area contributed by atoms with E-state index in [2.05, 4.69) is 24.3 Å². The Bertz CT molecular complexity index is 857. The molecule has 0 aromatic carbocycles. The van der Waals surface area contributed by atoms with Crippen LogP contribution in [0.3, 0.4) is 0 Å². The number of esters is 1. The molecule has 1 fully saturated rings. The highest BCUT2D eigenvalue weighted by Gasteiger charge is 2.32. The molecule has 33 heavy (non-hydrogen) atoms. The van der Waals surface area contributed by atoms with Crippen molar-refractivity contribution < 1.29 is 18.7 Å². The van der Waals surface area contributed by atoms with Crippen LogP contribution >= 0.6 is 11.8 Å². The summed E-state index contributed by atoms with van der Waals surface area (Å²) < 4.78 is 19.3. The molecule has 0 aliphatic carbocycles. The number of nitrogens with zero attached hydrogens (tertiary/aromatic N) is 3. The monoisotopic (exact) mass is 484 g/mol. The molecule has 0 spiro atoms. The van der Waals surface area contributed by atoms with Gasteiger partial charge in [0, 0.05) is 43.9 Å². The van der Waals surface area contributed by atoms with Crippen molar-refractivity contribution in [3.63, 3.8) is 0 Å². The van der Waals surface area contributed by atoms with E-state index in [1.54, 1.807) is 6.92 Å². The van der Waals surface area contributed by atoms with E-state index >= 15 is 0 Å². The van der Waals surface area contributed by atoms with E-state index in [1.807, 2.05) is 18.1 Å². The number of halogens is 1. The summed E-state index contributed by atoms with van der Waals surface area (Å²) in [6, 6.07) is 0.706. The molecule has 1 aromatic heterocycles. The number of aryl methyl sites for hydroxylation is 1. The summed E-state index contributed by atoms with van der Waals surface area (Å²) >= 11 is 1.53. The van der Waals surface area contributed by atoms with Gasteiger partial charge in [0.2, 0.25) is 5.91 Å². The Hall–Kier alpha value is -1.94. The average molecular weight is 485 g/mol. The van der Waals surface area contributed by atoms with Crippen molar-refractivity contribution >= 4 is 23.6 Å². The Morgan fingerprint density at radius 1 is 1.36 bits per heavy atom. The average Bonchev–Trinajstić information content (AvgIpc) is 2.72. The molecule has 2 unspecified atom stereocenters. The van der Waals surface area contributed by atoms with Gasteiger partial charge in [-0.1, -0.05) is 13.8 Å². The van der Waals surface area contributed by atoms with E-state index in [0.29, 0.717) is 32.0 Å². The molecule has 0 saturated carbocycles. The van der Waals surface area contributed by atoms with Crippen LogP contribution in [0.2, 0.25) is 0 Å². The highest BCUT2D eigenvalue weighted by Crippen LogP contribution is 2.27. The maximum Gasteiger partial charge on any atom is 0.307 e. The van der Waals surface area contributed by atoms with E-state index in [1.165, 1.54) is 22.5 Å². The quantitative estimate of drug-likeness (QED) is 0.429. The summed E-state index contributed by atoms with van der Waals surface area (Å²) in [5.41, 5.74) is 1.16. The van der Waals surface area contributed by atoms with Crippen LogP contribution in [0, 0.1) is 12.8 Å². The fourth-order valence-corrected chi connectivity index (χ4v) is 4.95. The molecule has 1 saturated heterocycles. The zero-order valence-electron chi connectivity index (χ0n) is 20.3. The van der Waals surface area contributed by atoms with Crippen LogP contribution in [0.4, 0.5) is 4.39 Å². The second-order valence-electron chi connectivity index (χ2n) is 8.86. The van der Waals surface area contributed by atoms with Crippen molar-refractivity contribution in [2.75, 3.05) is 39.0 Å². The fourth-order valence-electron chi connectivity index (χ4n) is 3.87. The lowest BCUT2D eigenvalue weighted by Crippen LogP contribution is -2.49. The van der Waals surface area contributed by atoms with Crippen molar-refractivity contribution in [1.82, 2.24) is 20.0 Å². The Morgan fingerprint density at radius 3 is 2.64 bits per heavy atom. The first-order valence-electron chi connectivity index (χ1n) is 11.6. The van der Waals surface area contributed by atoms with Gasteiger partial charge in [-0.3, -0.25) is 19.3 Å². The van der Waals surface area contributed by atoms with Crippen LogP contribution in [0.15, 0.2) is 10.9 Å². The zero-order chi connectivity index (χ0) is 24.5. The van der Waals surface area contributed by atoms with E-state index in [9.17, 15) is 18.8 Å². The number of carbonyl (C=O) groups is 2. The minimum Gasteiger partial charge on any atom is -0.466 e. The number of nitrogens with one attached hydrogen (secondary N) is 1. The maximum absolute atomic E-state index is 13.2. The molecular formula is C23H37FN4O4S. The van der Waals surface area contributed by atoms with Crippen molar-refractivity contribution in [1.29, 1.82) is 0 Å². The lowest BCUT2D eigenvalue weighted by molar-refractivity contribution is -0.143. The number of alkyl halides is 1. The first-order valence-corrected chi connectivity index (χ1v) is 12.9. The minimum atomic E-state index is -0.810. The number of amides is 1. The van der Waals surface area contributed by atoms with Crippen molar-refractivity contribution in [3.05, 3.63) is 27.7 Å². The highest BCUT2D eigenvalue weighted by molar-refractivity contribution is 7.99. The second-order valence-corrected chi connectivity index (χ2v) is 9.94. The van der Waals surface area contributed by atoms with E-state index in [-0.39, 0.29) is 42.3 Å². The fraction of sp³-hybridized carbons (Fsp3) is 0.739. The Balaban J connectivity index is 2.26. The van der Waals surface area contributed by atoms with Gasteiger partial charge in [0.1, 0.15) is 12.2 Å². The van der Waals surface area contributed by atoms with Gasteiger partial charge in [0.15, 0.2) is 0 Å². The molecule has 2 heterocycles. The second kappa shape index (κ2) is 13.1. The molecule has 2 atom stereocenters. The molecular weight excluding hydrogens is 447 g/mol. The van der Waals surface area contributed by atoms with Crippen LogP contribution in [-0.2, 0) is 20.7 Å². The van der Waals surface area contributed by atoms with Gasteiger partial charge in [-0.2, -0.15) is 16.9 Å². The lowest BCUT2D eigenvalue weighted by atomic mass is 10.0. The van der Waals surface area contributed by atoms with Crippen molar-refractivity contribution in [2.45, 2.75) is 64.4 Å². The Morgan fingerprint density at radius 2 is 2.06 bits per heavy atom. The van der Waals surface area contributed by atoms with Crippen molar-refractivity contribution in [2.24, 2.45) is 5.92 Å². The van der Waals surface area contributed by atoms with Crippen LogP contribution in [0.1, 0.15) is 50.9 Å². The SMILES string of the molecule is CCOC(=O)CCNC(=O)C(C(CC(C)C)SC)n1nc(CCN2CC(F)C2)c(C)cc1=O. The predicted octanol–water partition coefficient (Wildman–Crippen LogP) is 2.14. The first-order chi connectivity index (χ1) is 15.7. The third kappa shape index (κ3) is 8.10. The number of carbonyl (C=O) groups excluding carboxylic acids is 2. The normalized spacial score (nSPS) is 16.3. The van der Waals surface area contributed by atoms with Crippen LogP contribution in [0.25, 0.3) is 0 Å².